The van der Waals surface area contributed by atoms with E-state index in [9.17, 15) is 9.18 Å². The maximum Gasteiger partial charge on any atom is 0.255 e. The van der Waals surface area contributed by atoms with Gasteiger partial charge >= 0.3 is 0 Å². The highest BCUT2D eigenvalue weighted by atomic mass is 35.5. The zero-order chi connectivity index (χ0) is 14.7. The summed E-state index contributed by atoms with van der Waals surface area (Å²) in [6.45, 7) is 0. The molecule has 6 heteroatoms. The first-order valence-electron chi connectivity index (χ1n) is 5.71. The third kappa shape index (κ3) is 3.00. The molecular formula is C14H12ClFN2O2. The van der Waals surface area contributed by atoms with Crippen molar-refractivity contribution >= 4 is 28.9 Å². The fourth-order valence-electron chi connectivity index (χ4n) is 1.66. The third-order valence-electron chi connectivity index (χ3n) is 2.67. The lowest BCUT2D eigenvalue weighted by Gasteiger charge is -2.09. The molecule has 0 aromatic heterocycles. The Balaban J connectivity index is 2.24. The third-order valence-corrected chi connectivity index (χ3v) is 3.00. The summed E-state index contributed by atoms with van der Waals surface area (Å²) in [5, 5.41) is 2.78. The number of nitrogens with one attached hydrogen (secondary N) is 1. The van der Waals surface area contributed by atoms with E-state index in [4.69, 9.17) is 22.1 Å². The Morgan fingerprint density at radius 1 is 1.30 bits per heavy atom. The Kier molecular flexibility index (Phi) is 4.10. The molecule has 3 N–H and O–H groups in total. The van der Waals surface area contributed by atoms with Gasteiger partial charge in [0.25, 0.3) is 5.91 Å². The number of carbonyl (C=O) groups is 1. The van der Waals surface area contributed by atoms with Crippen LogP contribution in [0.15, 0.2) is 36.4 Å². The first-order valence-corrected chi connectivity index (χ1v) is 6.09. The fraction of sp³-hybridized carbons (Fsp3) is 0.0714. The van der Waals surface area contributed by atoms with Crippen LogP contribution in [0, 0.1) is 5.82 Å². The Morgan fingerprint density at radius 3 is 2.70 bits per heavy atom. The van der Waals surface area contributed by atoms with Gasteiger partial charge in [-0.25, -0.2) is 4.39 Å². The van der Waals surface area contributed by atoms with Gasteiger partial charge in [0, 0.05) is 5.56 Å². The van der Waals surface area contributed by atoms with Gasteiger partial charge in [-0.1, -0.05) is 11.6 Å². The number of methoxy groups -OCH3 is 1. The standard InChI is InChI=1S/C14H12ClFN2O2/c1-20-13-5-2-8(6-11(13)17)14(19)18-12-7-9(16)3-4-10(12)15/h2-7H,17H2,1H3,(H,18,19). The van der Waals surface area contributed by atoms with Crippen molar-refractivity contribution in [3.63, 3.8) is 0 Å². The molecule has 0 aliphatic rings. The average Bonchev–Trinajstić information content (AvgIpc) is 2.42. The highest BCUT2D eigenvalue weighted by molar-refractivity contribution is 6.33. The molecule has 0 atom stereocenters. The summed E-state index contributed by atoms with van der Waals surface area (Å²) >= 11 is 5.88. The Bertz CT molecular complexity index is 662. The Hall–Kier alpha value is -2.27. The molecule has 0 fully saturated rings. The van der Waals surface area contributed by atoms with Gasteiger partial charge in [-0.2, -0.15) is 0 Å². The summed E-state index contributed by atoms with van der Waals surface area (Å²) < 4.78 is 18.1. The monoisotopic (exact) mass is 294 g/mol. The van der Waals surface area contributed by atoms with Gasteiger partial charge in [-0.05, 0) is 36.4 Å². The zero-order valence-electron chi connectivity index (χ0n) is 10.6. The minimum absolute atomic E-state index is 0.200. The maximum atomic E-state index is 13.1. The first-order chi connectivity index (χ1) is 9.51. The van der Waals surface area contributed by atoms with Gasteiger partial charge in [0.05, 0.1) is 23.5 Å². The van der Waals surface area contributed by atoms with E-state index in [0.717, 1.165) is 6.07 Å². The molecule has 0 saturated heterocycles. The van der Waals surface area contributed by atoms with Crippen molar-refractivity contribution in [2.45, 2.75) is 0 Å². The van der Waals surface area contributed by atoms with E-state index in [1.54, 1.807) is 12.1 Å². The van der Waals surface area contributed by atoms with Gasteiger partial charge in [0.15, 0.2) is 0 Å². The number of ether oxygens (including phenoxy) is 1. The van der Waals surface area contributed by atoms with Crippen LogP contribution in [0.2, 0.25) is 5.02 Å². The molecule has 2 aromatic rings. The van der Waals surface area contributed by atoms with Crippen molar-refractivity contribution in [1.29, 1.82) is 0 Å². The maximum absolute atomic E-state index is 13.1. The highest BCUT2D eigenvalue weighted by Crippen LogP contribution is 2.25. The predicted molar refractivity (Wildman–Crippen MR) is 76.8 cm³/mol. The van der Waals surface area contributed by atoms with Crippen LogP contribution in [-0.2, 0) is 0 Å². The van der Waals surface area contributed by atoms with Crippen molar-refractivity contribution in [3.8, 4) is 5.75 Å². The molecule has 0 heterocycles. The second-order valence-electron chi connectivity index (χ2n) is 4.04. The van der Waals surface area contributed by atoms with Crippen molar-refractivity contribution < 1.29 is 13.9 Å². The lowest BCUT2D eigenvalue weighted by molar-refractivity contribution is 0.102. The molecule has 0 bridgehead atoms. The van der Waals surface area contributed by atoms with Crippen molar-refractivity contribution in [1.82, 2.24) is 0 Å². The molecule has 0 radical (unpaired) electrons. The largest absolute Gasteiger partial charge is 0.495 e. The van der Waals surface area contributed by atoms with E-state index in [1.807, 2.05) is 0 Å². The lowest BCUT2D eigenvalue weighted by atomic mass is 10.1. The smallest absolute Gasteiger partial charge is 0.255 e. The van der Waals surface area contributed by atoms with Crippen molar-refractivity contribution in [2.24, 2.45) is 0 Å². The van der Waals surface area contributed by atoms with E-state index in [0.29, 0.717) is 17.0 Å². The van der Waals surface area contributed by atoms with Gasteiger partial charge in [-0.15, -0.1) is 0 Å². The second-order valence-corrected chi connectivity index (χ2v) is 4.44. The molecule has 0 aliphatic heterocycles. The molecule has 4 nitrogen and oxygen atoms in total. The fourth-order valence-corrected chi connectivity index (χ4v) is 1.83. The van der Waals surface area contributed by atoms with E-state index in [2.05, 4.69) is 5.32 Å². The number of nitrogens with two attached hydrogens (primary N) is 1. The number of halogens is 2. The molecule has 0 aliphatic carbocycles. The molecule has 2 rings (SSSR count). The number of benzene rings is 2. The van der Waals surface area contributed by atoms with Crippen LogP contribution < -0.4 is 15.8 Å². The van der Waals surface area contributed by atoms with Crippen LogP contribution in [0.25, 0.3) is 0 Å². The Labute approximate surface area is 120 Å². The Morgan fingerprint density at radius 2 is 2.05 bits per heavy atom. The van der Waals surface area contributed by atoms with Gasteiger partial charge in [0.2, 0.25) is 0 Å². The van der Waals surface area contributed by atoms with E-state index >= 15 is 0 Å². The molecule has 1 amide bonds. The van der Waals surface area contributed by atoms with Crippen LogP contribution in [0.5, 0.6) is 5.75 Å². The van der Waals surface area contributed by atoms with Gasteiger partial charge < -0.3 is 15.8 Å². The van der Waals surface area contributed by atoms with Crippen molar-refractivity contribution in [3.05, 3.63) is 52.8 Å². The quantitative estimate of drug-likeness (QED) is 0.854. The molecule has 0 saturated carbocycles. The van der Waals surface area contributed by atoms with Gasteiger partial charge in [0.1, 0.15) is 11.6 Å². The topological polar surface area (TPSA) is 64.3 Å². The number of hydrogen-bond acceptors (Lipinski definition) is 3. The summed E-state index contributed by atoms with van der Waals surface area (Å²) in [5.74, 6) is -0.448. The van der Waals surface area contributed by atoms with E-state index < -0.39 is 11.7 Å². The average molecular weight is 295 g/mol. The highest BCUT2D eigenvalue weighted by Gasteiger charge is 2.11. The summed E-state index contributed by atoms with van der Waals surface area (Å²) in [6, 6.07) is 8.34. The number of hydrogen-bond donors (Lipinski definition) is 2. The molecule has 104 valence electrons. The molecule has 20 heavy (non-hydrogen) atoms. The number of rotatable bonds is 3. The summed E-state index contributed by atoms with van der Waals surface area (Å²) in [7, 11) is 1.48. The van der Waals surface area contributed by atoms with Crippen molar-refractivity contribution in [2.75, 3.05) is 18.2 Å². The first kappa shape index (κ1) is 14.1. The molecule has 0 spiro atoms. The van der Waals surface area contributed by atoms with E-state index in [1.165, 1.54) is 25.3 Å². The van der Waals surface area contributed by atoms with Crippen LogP contribution in [0.4, 0.5) is 15.8 Å². The van der Waals surface area contributed by atoms with Crippen LogP contribution in [0.3, 0.4) is 0 Å². The zero-order valence-corrected chi connectivity index (χ0v) is 11.4. The molecular weight excluding hydrogens is 283 g/mol. The van der Waals surface area contributed by atoms with Gasteiger partial charge in [-0.3, -0.25) is 4.79 Å². The number of amides is 1. The number of nitrogen functional groups attached to an aromatic ring is 1. The van der Waals surface area contributed by atoms with Crippen LogP contribution in [-0.4, -0.2) is 13.0 Å². The van der Waals surface area contributed by atoms with Crippen LogP contribution in [0.1, 0.15) is 10.4 Å². The second kappa shape index (κ2) is 5.79. The normalized spacial score (nSPS) is 10.2. The SMILES string of the molecule is COc1ccc(C(=O)Nc2cc(F)ccc2Cl)cc1N. The summed E-state index contributed by atoms with van der Waals surface area (Å²) in [5.41, 5.74) is 6.59. The summed E-state index contributed by atoms with van der Waals surface area (Å²) in [4.78, 5) is 12.0. The molecule has 2 aromatic carbocycles. The predicted octanol–water partition coefficient (Wildman–Crippen LogP) is 3.32. The minimum atomic E-state index is -0.487. The van der Waals surface area contributed by atoms with Crippen LogP contribution >= 0.6 is 11.6 Å². The molecule has 0 unspecified atom stereocenters. The number of carbonyl (C=O) groups excluding carboxylic acids is 1. The summed E-state index contributed by atoms with van der Waals surface area (Å²) in [6.07, 6.45) is 0. The lowest BCUT2D eigenvalue weighted by Crippen LogP contribution is -2.13. The number of anilines is 2. The minimum Gasteiger partial charge on any atom is -0.495 e. The van der Waals surface area contributed by atoms with E-state index in [-0.39, 0.29) is 10.7 Å².